The maximum Gasteiger partial charge on any atom is 0.105 e. The van der Waals surface area contributed by atoms with Crippen LogP contribution in [0.5, 0.6) is 0 Å². The Hall–Kier alpha value is 0.310. The average Bonchev–Trinajstić information content (AvgIpc) is 1.94. The van der Waals surface area contributed by atoms with Gasteiger partial charge >= 0.3 is 0 Å². The van der Waals surface area contributed by atoms with Crippen molar-refractivity contribution in [3.63, 3.8) is 0 Å². The average molecular weight is 131 g/mol. The molecule has 47 valence electrons. The summed E-state index contributed by atoms with van der Waals surface area (Å²) < 4.78 is 10.8. The smallest absolute Gasteiger partial charge is 0.105 e. The number of hydrogen-bond acceptors (Lipinski definition) is 1. The molecule has 1 atom stereocenters. The molecule has 0 saturated carbocycles. The van der Waals surface area contributed by atoms with E-state index < -0.39 is 11.2 Å². The van der Waals surface area contributed by atoms with E-state index >= 15 is 0 Å². The van der Waals surface area contributed by atoms with Gasteiger partial charge in [0.15, 0.2) is 0 Å². The third-order valence-corrected chi connectivity index (χ3v) is 2.76. The molecule has 1 nitrogen and oxygen atoms in total. The topological polar surface area (TPSA) is 23.1 Å². The standard InChI is InChI=1S/C6H11OS/c7-8-5-3-1-2-4-6-8/h1H,2-6H2. The Kier molecular flexibility index (Phi) is 2.70. The Bertz CT molecular complexity index is 57.5. The molecule has 2 heteroatoms. The first-order chi connectivity index (χ1) is 3.89. The molecule has 0 aromatic carbocycles. The highest BCUT2D eigenvalue weighted by Crippen LogP contribution is 2.09. The molecule has 1 saturated heterocycles. The monoisotopic (exact) mass is 131 g/mol. The zero-order valence-electron chi connectivity index (χ0n) is 4.93. The highest BCUT2D eigenvalue weighted by Gasteiger charge is 2.08. The molecule has 0 N–H and O–H groups in total. The van der Waals surface area contributed by atoms with Gasteiger partial charge in [0.2, 0.25) is 0 Å². The fourth-order valence-electron chi connectivity index (χ4n) is 0.850. The predicted octanol–water partition coefficient (Wildman–Crippen LogP) is 1.12. The van der Waals surface area contributed by atoms with E-state index in [4.69, 9.17) is 0 Å². The van der Waals surface area contributed by atoms with Crippen LogP contribution in [0.25, 0.3) is 0 Å². The molecule has 0 aromatic heterocycles. The minimum atomic E-state index is -0.489. The van der Waals surface area contributed by atoms with Gasteiger partial charge in [0.1, 0.15) is 11.5 Å². The molecule has 1 radical (unpaired) electrons. The molecule has 1 unspecified atom stereocenters. The summed E-state index contributed by atoms with van der Waals surface area (Å²) in [5.41, 5.74) is 0. The van der Waals surface area contributed by atoms with E-state index in [2.05, 4.69) is 6.42 Å². The molecule has 0 amide bonds. The molecule has 0 bridgehead atoms. The van der Waals surface area contributed by atoms with E-state index in [1.807, 2.05) is 0 Å². The van der Waals surface area contributed by atoms with E-state index in [1.165, 1.54) is 6.42 Å². The van der Waals surface area contributed by atoms with Crippen molar-refractivity contribution in [1.82, 2.24) is 0 Å². The summed E-state index contributed by atoms with van der Waals surface area (Å²) in [5.74, 6) is 1.83. The van der Waals surface area contributed by atoms with Crippen LogP contribution in [0.4, 0.5) is 0 Å². The van der Waals surface area contributed by atoms with E-state index in [9.17, 15) is 4.55 Å². The zero-order valence-corrected chi connectivity index (χ0v) is 5.75. The van der Waals surface area contributed by atoms with Gasteiger partial charge in [-0.05, 0) is 25.7 Å². The second kappa shape index (κ2) is 3.36. The van der Waals surface area contributed by atoms with Crippen molar-refractivity contribution in [3.05, 3.63) is 6.42 Å². The van der Waals surface area contributed by atoms with Crippen molar-refractivity contribution < 1.29 is 4.55 Å². The molecule has 1 heterocycles. The van der Waals surface area contributed by atoms with Crippen LogP contribution in [0, 0.1) is 6.42 Å². The van der Waals surface area contributed by atoms with Crippen LogP contribution in [-0.4, -0.2) is 16.1 Å². The lowest BCUT2D eigenvalue weighted by Crippen LogP contribution is -2.07. The Morgan fingerprint density at radius 1 is 1.25 bits per heavy atom. The maximum atomic E-state index is 10.8. The molecular formula is C6H11OS. The normalized spacial score (nSPS) is 25.1. The van der Waals surface area contributed by atoms with Gasteiger partial charge in [-0.2, -0.15) is 0 Å². The Morgan fingerprint density at radius 3 is 3.00 bits per heavy atom. The second-order valence-corrected chi connectivity index (χ2v) is 3.76. The summed E-state index contributed by atoms with van der Waals surface area (Å²) in [6.07, 6.45) is 5.61. The fraction of sp³-hybridized carbons (Fsp3) is 0.833. The van der Waals surface area contributed by atoms with Gasteiger partial charge in [-0.15, -0.1) is 0 Å². The van der Waals surface area contributed by atoms with Crippen LogP contribution in [0.2, 0.25) is 0 Å². The van der Waals surface area contributed by atoms with Gasteiger partial charge in [-0.1, -0.05) is 11.2 Å². The molecule has 8 heavy (non-hydrogen) atoms. The minimum Gasteiger partial charge on any atom is -0.616 e. The Balaban J connectivity index is 2.17. The molecule has 1 aliphatic rings. The van der Waals surface area contributed by atoms with Crippen LogP contribution in [-0.2, 0) is 11.2 Å². The zero-order chi connectivity index (χ0) is 5.82. The molecule has 1 rings (SSSR count). The van der Waals surface area contributed by atoms with E-state index in [0.717, 1.165) is 24.3 Å². The fourth-order valence-corrected chi connectivity index (χ4v) is 1.97. The van der Waals surface area contributed by atoms with Gasteiger partial charge in [-0.3, -0.25) is 0 Å². The first kappa shape index (κ1) is 6.43. The van der Waals surface area contributed by atoms with Crippen molar-refractivity contribution in [2.24, 2.45) is 0 Å². The lowest BCUT2D eigenvalue weighted by atomic mass is 10.2. The summed E-state index contributed by atoms with van der Waals surface area (Å²) in [7, 11) is 0. The quantitative estimate of drug-likeness (QED) is 0.452. The summed E-state index contributed by atoms with van der Waals surface area (Å²) in [6, 6.07) is 0. The molecular weight excluding hydrogens is 120 g/mol. The molecule has 1 fully saturated rings. The summed E-state index contributed by atoms with van der Waals surface area (Å²) in [4.78, 5) is 0. The van der Waals surface area contributed by atoms with E-state index in [-0.39, 0.29) is 0 Å². The van der Waals surface area contributed by atoms with Gasteiger partial charge in [0.05, 0.1) is 0 Å². The maximum absolute atomic E-state index is 10.8. The van der Waals surface area contributed by atoms with E-state index in [0.29, 0.717) is 0 Å². The van der Waals surface area contributed by atoms with Gasteiger partial charge in [-0.25, -0.2) is 0 Å². The van der Waals surface area contributed by atoms with Crippen molar-refractivity contribution in [2.75, 3.05) is 11.5 Å². The highest BCUT2D eigenvalue weighted by molar-refractivity contribution is 7.91. The van der Waals surface area contributed by atoms with Crippen LogP contribution in [0.1, 0.15) is 19.3 Å². The van der Waals surface area contributed by atoms with E-state index in [1.54, 1.807) is 0 Å². The first-order valence-electron chi connectivity index (χ1n) is 3.06. The number of hydrogen-bond donors (Lipinski definition) is 0. The van der Waals surface area contributed by atoms with Crippen molar-refractivity contribution >= 4 is 11.2 Å². The van der Waals surface area contributed by atoms with Crippen molar-refractivity contribution in [1.29, 1.82) is 0 Å². The molecule has 0 spiro atoms. The van der Waals surface area contributed by atoms with Crippen molar-refractivity contribution in [2.45, 2.75) is 19.3 Å². The van der Waals surface area contributed by atoms with Crippen LogP contribution in [0.3, 0.4) is 0 Å². The largest absolute Gasteiger partial charge is 0.616 e. The van der Waals surface area contributed by atoms with Crippen molar-refractivity contribution in [3.8, 4) is 0 Å². The first-order valence-corrected chi connectivity index (χ1v) is 4.55. The van der Waals surface area contributed by atoms with Gasteiger partial charge in [0, 0.05) is 0 Å². The third-order valence-electron chi connectivity index (χ3n) is 1.33. The third kappa shape index (κ3) is 2.05. The lowest BCUT2D eigenvalue weighted by Gasteiger charge is -2.04. The summed E-state index contributed by atoms with van der Waals surface area (Å²) >= 11 is -0.489. The molecule has 0 aromatic rings. The van der Waals surface area contributed by atoms with Crippen LogP contribution >= 0.6 is 0 Å². The lowest BCUT2D eigenvalue weighted by molar-refractivity contribution is 0.595. The Labute approximate surface area is 53.7 Å². The molecule has 0 aliphatic carbocycles. The minimum absolute atomic E-state index is 0.489. The second-order valence-electron chi connectivity index (χ2n) is 2.07. The van der Waals surface area contributed by atoms with Gasteiger partial charge in [0.25, 0.3) is 0 Å². The van der Waals surface area contributed by atoms with Crippen LogP contribution < -0.4 is 0 Å². The highest BCUT2D eigenvalue weighted by atomic mass is 32.2. The predicted molar refractivity (Wildman–Crippen MR) is 36.0 cm³/mol. The van der Waals surface area contributed by atoms with Gasteiger partial charge < -0.3 is 4.55 Å². The molecule has 1 aliphatic heterocycles. The summed E-state index contributed by atoms with van der Waals surface area (Å²) in [5, 5.41) is 0. The SMILES string of the molecule is [O-][S+]1CC[CH]CCC1. The number of rotatable bonds is 0. The Morgan fingerprint density at radius 2 is 2.12 bits per heavy atom. The van der Waals surface area contributed by atoms with Crippen LogP contribution in [0.15, 0.2) is 0 Å². The summed E-state index contributed by atoms with van der Waals surface area (Å²) in [6.45, 7) is 0.